The van der Waals surface area contributed by atoms with Crippen molar-refractivity contribution in [2.75, 3.05) is 54.4 Å². The quantitative estimate of drug-likeness (QED) is 0.360. The maximum absolute atomic E-state index is 13.8. The number of halogens is 2. The number of sulfonamides is 1. The number of amides is 1. The normalized spacial score (nSPS) is 20.0. The second-order valence-electron chi connectivity index (χ2n) is 11.3. The van der Waals surface area contributed by atoms with Gasteiger partial charge in [0.15, 0.2) is 11.4 Å². The van der Waals surface area contributed by atoms with Gasteiger partial charge in [0.1, 0.15) is 5.82 Å². The maximum Gasteiger partial charge on any atom is 0.258 e. The van der Waals surface area contributed by atoms with Gasteiger partial charge in [-0.05, 0) is 61.4 Å². The summed E-state index contributed by atoms with van der Waals surface area (Å²) in [5.74, 6) is -2.56. The minimum Gasteiger partial charge on any atom is -0.460 e. The number of nitrogens with one attached hydrogen (secondary N) is 2. The van der Waals surface area contributed by atoms with Gasteiger partial charge in [0, 0.05) is 51.0 Å². The molecule has 3 N–H and O–H groups in total. The Kier molecular flexibility index (Phi) is 7.15. The lowest BCUT2D eigenvalue weighted by molar-refractivity contribution is -0.0221. The molecule has 6 rings (SSSR count). The van der Waals surface area contributed by atoms with Crippen LogP contribution in [-0.2, 0) is 10.0 Å². The lowest BCUT2D eigenvalue weighted by Gasteiger charge is -2.35. The Morgan fingerprint density at radius 3 is 2.39 bits per heavy atom. The monoisotopic (exact) mass is 589 g/mol. The van der Waals surface area contributed by atoms with Crippen molar-refractivity contribution in [1.82, 2.24) is 9.71 Å². The van der Waals surface area contributed by atoms with Crippen molar-refractivity contribution in [3.63, 3.8) is 0 Å². The summed E-state index contributed by atoms with van der Waals surface area (Å²) >= 11 is 0. The number of hydrogen-bond acceptors (Lipinski definition) is 8. The van der Waals surface area contributed by atoms with Crippen molar-refractivity contribution in [1.29, 1.82) is 0 Å². The SMILES string of the molecule is O=C(Nc1cc2ccoc2c(N2CCC(F)(F)CC2)n1)c1ccc(S(=O)(=O)NCCO)cc1N1CCC2(CC1)CC2. The van der Waals surface area contributed by atoms with E-state index < -0.39 is 21.9 Å². The Morgan fingerprint density at radius 2 is 1.71 bits per heavy atom. The van der Waals surface area contributed by atoms with E-state index in [4.69, 9.17) is 9.52 Å². The van der Waals surface area contributed by atoms with Gasteiger partial charge in [-0.25, -0.2) is 26.9 Å². The number of piperidine rings is 2. The third kappa shape index (κ3) is 5.75. The second-order valence-corrected chi connectivity index (χ2v) is 13.0. The van der Waals surface area contributed by atoms with E-state index in [2.05, 4.69) is 19.9 Å². The van der Waals surface area contributed by atoms with Gasteiger partial charge in [-0.1, -0.05) is 0 Å². The first-order chi connectivity index (χ1) is 19.6. The van der Waals surface area contributed by atoms with Crippen LogP contribution in [0.15, 0.2) is 45.9 Å². The fourth-order valence-electron chi connectivity index (χ4n) is 5.76. The highest BCUT2D eigenvalue weighted by Gasteiger charge is 2.44. The molecule has 3 fully saturated rings. The van der Waals surface area contributed by atoms with Crippen LogP contribution in [0.2, 0.25) is 0 Å². The number of aromatic nitrogens is 1. The number of alkyl halides is 2. The molecular formula is C28H33F2N5O5S. The Hall–Kier alpha value is -3.29. The summed E-state index contributed by atoms with van der Waals surface area (Å²) in [4.78, 5) is 22.1. The Bertz CT molecular complexity index is 1550. The zero-order valence-corrected chi connectivity index (χ0v) is 23.4. The first kappa shape index (κ1) is 27.9. The van der Waals surface area contributed by atoms with E-state index in [9.17, 15) is 22.0 Å². The standard InChI is InChI=1S/C28H33F2N5O5S/c29-28(30)8-13-35(14-9-28)25-24-19(3-16-40-24)17-23(32-25)33-26(37)21-2-1-20(41(38,39)31-10-15-36)18-22(21)34-11-6-27(4-5-27)7-12-34/h1-3,16-18,31,36H,4-15H2,(H,32,33,37). The van der Waals surface area contributed by atoms with Crippen molar-refractivity contribution < 1.29 is 31.5 Å². The summed E-state index contributed by atoms with van der Waals surface area (Å²) < 4.78 is 61.2. The van der Waals surface area contributed by atoms with E-state index >= 15 is 0 Å². The number of rotatable bonds is 8. The van der Waals surface area contributed by atoms with Crippen molar-refractivity contribution >= 4 is 44.2 Å². The van der Waals surface area contributed by atoms with E-state index in [1.165, 1.54) is 37.3 Å². The first-order valence-electron chi connectivity index (χ1n) is 13.9. The second kappa shape index (κ2) is 10.5. The van der Waals surface area contributed by atoms with Crippen LogP contribution >= 0.6 is 0 Å². The fraction of sp³-hybridized carbons (Fsp3) is 0.500. The van der Waals surface area contributed by atoms with Gasteiger partial charge in [-0.3, -0.25) is 4.79 Å². The molecule has 41 heavy (non-hydrogen) atoms. The van der Waals surface area contributed by atoms with E-state index in [-0.39, 0.29) is 49.8 Å². The van der Waals surface area contributed by atoms with Crippen molar-refractivity contribution in [2.45, 2.75) is 49.3 Å². The Balaban J connectivity index is 1.30. The molecule has 0 atom stereocenters. The average molecular weight is 590 g/mol. The number of carbonyl (C=O) groups excluding carboxylic acids is 1. The van der Waals surface area contributed by atoms with E-state index in [0.717, 1.165) is 12.8 Å². The minimum absolute atomic E-state index is 0.00587. The third-order valence-electron chi connectivity index (χ3n) is 8.50. The van der Waals surface area contributed by atoms with Crippen LogP contribution in [0.3, 0.4) is 0 Å². The van der Waals surface area contributed by atoms with E-state index in [0.29, 0.717) is 46.5 Å². The van der Waals surface area contributed by atoms with Crippen LogP contribution in [0.1, 0.15) is 48.9 Å². The summed E-state index contributed by atoms with van der Waals surface area (Å²) in [5.41, 5.74) is 1.64. The number of aliphatic hydroxyl groups is 1. The molecule has 2 aromatic heterocycles. The number of furan rings is 1. The number of hydrogen-bond donors (Lipinski definition) is 3. The van der Waals surface area contributed by atoms with E-state index in [1.54, 1.807) is 17.0 Å². The molecule has 1 amide bonds. The molecule has 1 spiro atoms. The van der Waals surface area contributed by atoms with Crippen LogP contribution in [0.25, 0.3) is 11.0 Å². The minimum atomic E-state index is -3.89. The van der Waals surface area contributed by atoms with Crippen LogP contribution in [-0.4, -0.2) is 69.7 Å². The molecule has 0 bridgehead atoms. The zero-order valence-electron chi connectivity index (χ0n) is 22.5. The van der Waals surface area contributed by atoms with Crippen molar-refractivity contribution in [2.24, 2.45) is 5.41 Å². The summed E-state index contributed by atoms with van der Waals surface area (Å²) in [6.45, 7) is 1.16. The number of fused-ring (bicyclic) bond motifs is 1. The van der Waals surface area contributed by atoms with Crippen LogP contribution in [0.4, 0.5) is 26.1 Å². The summed E-state index contributed by atoms with van der Waals surface area (Å²) in [6, 6.07) is 7.75. The molecule has 10 nitrogen and oxygen atoms in total. The molecule has 220 valence electrons. The molecule has 1 saturated carbocycles. The molecule has 1 aromatic carbocycles. The smallest absolute Gasteiger partial charge is 0.258 e. The largest absolute Gasteiger partial charge is 0.460 e. The van der Waals surface area contributed by atoms with Crippen LogP contribution in [0, 0.1) is 5.41 Å². The third-order valence-corrected chi connectivity index (χ3v) is 9.96. The molecule has 2 aliphatic heterocycles. The molecule has 2 saturated heterocycles. The summed E-state index contributed by atoms with van der Waals surface area (Å²) in [7, 11) is -3.89. The number of pyridine rings is 1. The fourth-order valence-corrected chi connectivity index (χ4v) is 6.80. The van der Waals surface area contributed by atoms with Gasteiger partial charge in [0.2, 0.25) is 10.0 Å². The lowest BCUT2D eigenvalue weighted by Crippen LogP contribution is -2.39. The molecule has 0 unspecified atom stereocenters. The number of anilines is 3. The number of benzene rings is 1. The Labute approximate surface area is 236 Å². The topological polar surface area (TPSA) is 128 Å². The van der Waals surface area contributed by atoms with Crippen LogP contribution < -0.4 is 19.8 Å². The number of aliphatic hydroxyl groups excluding tert-OH is 1. The average Bonchev–Trinajstić information content (AvgIpc) is 3.53. The van der Waals surface area contributed by atoms with Gasteiger partial charge < -0.3 is 24.6 Å². The van der Waals surface area contributed by atoms with Gasteiger partial charge >= 0.3 is 0 Å². The lowest BCUT2D eigenvalue weighted by atomic mass is 9.93. The number of carbonyl (C=O) groups is 1. The van der Waals surface area contributed by atoms with E-state index in [1.807, 2.05) is 0 Å². The number of nitrogens with zero attached hydrogens (tertiary/aromatic N) is 3. The van der Waals surface area contributed by atoms with Gasteiger partial charge in [-0.15, -0.1) is 0 Å². The highest BCUT2D eigenvalue weighted by molar-refractivity contribution is 7.89. The molecule has 0 radical (unpaired) electrons. The zero-order chi connectivity index (χ0) is 28.8. The molecule has 1 aliphatic carbocycles. The predicted octanol–water partition coefficient (Wildman–Crippen LogP) is 3.97. The molecule has 4 heterocycles. The van der Waals surface area contributed by atoms with Crippen molar-refractivity contribution in [3.8, 4) is 0 Å². The molecular weight excluding hydrogens is 556 g/mol. The van der Waals surface area contributed by atoms with Gasteiger partial charge in [0.25, 0.3) is 11.8 Å². The highest BCUT2D eigenvalue weighted by Crippen LogP contribution is 2.54. The summed E-state index contributed by atoms with van der Waals surface area (Å²) in [6.07, 6.45) is 5.26. The molecule has 13 heteroatoms. The van der Waals surface area contributed by atoms with Crippen molar-refractivity contribution in [3.05, 3.63) is 42.2 Å². The van der Waals surface area contributed by atoms with Gasteiger partial charge in [0.05, 0.1) is 29.0 Å². The maximum atomic E-state index is 13.8. The van der Waals surface area contributed by atoms with Gasteiger partial charge in [-0.2, -0.15) is 0 Å². The predicted molar refractivity (Wildman–Crippen MR) is 150 cm³/mol. The first-order valence-corrected chi connectivity index (χ1v) is 15.4. The molecule has 3 aromatic rings. The summed E-state index contributed by atoms with van der Waals surface area (Å²) in [5, 5.41) is 12.6. The van der Waals surface area contributed by atoms with Crippen LogP contribution in [0.5, 0.6) is 0 Å². The highest BCUT2D eigenvalue weighted by atomic mass is 32.2. The molecule has 3 aliphatic rings. The Morgan fingerprint density at radius 1 is 1.00 bits per heavy atom.